The molecule has 23 heavy (non-hydrogen) atoms. The number of carbonyl (C=O) groups excluding carboxylic acids is 1. The van der Waals surface area contributed by atoms with Gasteiger partial charge in [-0.2, -0.15) is 0 Å². The minimum atomic E-state index is -0.558. The maximum atomic E-state index is 12.0. The van der Waals surface area contributed by atoms with E-state index in [9.17, 15) is 9.90 Å². The zero-order valence-corrected chi connectivity index (χ0v) is 12.7. The van der Waals surface area contributed by atoms with E-state index in [0.717, 1.165) is 16.7 Å². The number of hydrogen-bond donors (Lipinski definition) is 1. The lowest BCUT2D eigenvalue weighted by atomic mass is 9.95. The predicted octanol–water partition coefficient (Wildman–Crippen LogP) is 4.51. The van der Waals surface area contributed by atoms with Gasteiger partial charge < -0.3 is 9.84 Å². The number of carbonyl (C=O) groups is 1. The highest BCUT2D eigenvalue weighted by Gasteiger charge is 2.18. The molecule has 0 unspecified atom stereocenters. The van der Waals surface area contributed by atoms with E-state index in [1.54, 1.807) is 6.07 Å². The molecular formula is C20H16O3. The Bertz CT molecular complexity index is 824. The van der Waals surface area contributed by atoms with Crippen LogP contribution in [0.5, 0.6) is 5.75 Å². The fourth-order valence-corrected chi connectivity index (χ4v) is 2.54. The number of methoxy groups -OCH3 is 1. The molecule has 0 fully saturated rings. The maximum absolute atomic E-state index is 12.0. The molecule has 0 radical (unpaired) electrons. The number of ether oxygens (including phenoxy) is 1. The molecule has 0 saturated carbocycles. The number of aromatic hydroxyl groups is 1. The monoisotopic (exact) mass is 304 g/mol. The van der Waals surface area contributed by atoms with E-state index in [2.05, 4.69) is 0 Å². The number of esters is 1. The van der Waals surface area contributed by atoms with Crippen LogP contribution in [-0.2, 0) is 4.74 Å². The number of phenols is 1. The molecule has 0 saturated heterocycles. The molecule has 0 spiro atoms. The summed E-state index contributed by atoms with van der Waals surface area (Å²) >= 11 is 0. The van der Waals surface area contributed by atoms with E-state index in [1.807, 2.05) is 66.7 Å². The molecule has 1 N–H and O–H groups in total. The van der Waals surface area contributed by atoms with Crippen LogP contribution >= 0.6 is 0 Å². The minimum Gasteiger partial charge on any atom is -0.506 e. The van der Waals surface area contributed by atoms with Crippen molar-refractivity contribution in [2.24, 2.45) is 0 Å². The van der Waals surface area contributed by atoms with Gasteiger partial charge in [0.25, 0.3) is 0 Å². The van der Waals surface area contributed by atoms with Crippen LogP contribution < -0.4 is 0 Å². The Labute approximate surface area is 134 Å². The van der Waals surface area contributed by atoms with E-state index < -0.39 is 5.97 Å². The predicted molar refractivity (Wildman–Crippen MR) is 90.3 cm³/mol. The van der Waals surface area contributed by atoms with E-state index in [-0.39, 0.29) is 11.3 Å². The van der Waals surface area contributed by atoms with Crippen LogP contribution in [0.1, 0.15) is 10.4 Å². The Balaban J connectivity index is 2.25. The maximum Gasteiger partial charge on any atom is 0.341 e. The topological polar surface area (TPSA) is 46.5 Å². The molecule has 3 aromatic rings. The average molecular weight is 304 g/mol. The summed E-state index contributed by atoms with van der Waals surface area (Å²) in [5.74, 6) is -0.625. The Kier molecular flexibility index (Phi) is 4.11. The van der Waals surface area contributed by atoms with Crippen LogP contribution in [0.2, 0.25) is 0 Å². The lowest BCUT2D eigenvalue weighted by Crippen LogP contribution is -2.03. The third-order valence-electron chi connectivity index (χ3n) is 3.71. The third kappa shape index (κ3) is 2.94. The van der Waals surface area contributed by atoms with E-state index in [4.69, 9.17) is 4.74 Å². The fourth-order valence-electron chi connectivity index (χ4n) is 2.54. The van der Waals surface area contributed by atoms with Gasteiger partial charge in [-0.15, -0.1) is 0 Å². The minimum absolute atomic E-state index is 0.0669. The molecule has 0 aliphatic heterocycles. The lowest BCUT2D eigenvalue weighted by molar-refractivity contribution is 0.0597. The van der Waals surface area contributed by atoms with Crippen molar-refractivity contribution < 1.29 is 14.6 Å². The zero-order chi connectivity index (χ0) is 16.2. The first-order chi connectivity index (χ1) is 11.2. The summed E-state index contributed by atoms with van der Waals surface area (Å²) in [7, 11) is 1.30. The smallest absolute Gasteiger partial charge is 0.341 e. The van der Waals surface area contributed by atoms with Crippen LogP contribution in [0.25, 0.3) is 22.3 Å². The fraction of sp³-hybridized carbons (Fsp3) is 0.0500. The molecule has 0 amide bonds. The largest absolute Gasteiger partial charge is 0.506 e. The summed E-state index contributed by atoms with van der Waals surface area (Å²) < 4.78 is 4.80. The van der Waals surface area contributed by atoms with Gasteiger partial charge in [-0.3, -0.25) is 0 Å². The number of phenolic OH excluding ortho intramolecular Hbond substituents is 1. The van der Waals surface area contributed by atoms with E-state index in [0.29, 0.717) is 5.56 Å². The molecule has 0 heterocycles. The van der Waals surface area contributed by atoms with Crippen molar-refractivity contribution in [3.05, 3.63) is 78.4 Å². The first-order valence-electron chi connectivity index (χ1n) is 7.27. The van der Waals surface area contributed by atoms with Crippen LogP contribution in [0.3, 0.4) is 0 Å². The van der Waals surface area contributed by atoms with E-state index >= 15 is 0 Å². The van der Waals surface area contributed by atoms with Gasteiger partial charge in [0, 0.05) is 5.56 Å². The summed E-state index contributed by atoms with van der Waals surface area (Å²) in [5, 5.41) is 10.5. The molecule has 3 rings (SSSR count). The number of benzene rings is 3. The van der Waals surface area contributed by atoms with Crippen molar-refractivity contribution in [3.8, 4) is 28.0 Å². The quantitative estimate of drug-likeness (QED) is 0.724. The highest BCUT2D eigenvalue weighted by atomic mass is 16.5. The summed E-state index contributed by atoms with van der Waals surface area (Å²) in [6.45, 7) is 0. The molecule has 0 atom stereocenters. The molecule has 0 bridgehead atoms. The highest BCUT2D eigenvalue weighted by Crippen LogP contribution is 2.37. The molecule has 3 heteroatoms. The second kappa shape index (κ2) is 6.36. The molecule has 0 aromatic heterocycles. The summed E-state index contributed by atoms with van der Waals surface area (Å²) in [6, 6.07) is 22.7. The number of rotatable bonds is 3. The van der Waals surface area contributed by atoms with Gasteiger partial charge in [-0.05, 0) is 28.8 Å². The van der Waals surface area contributed by atoms with Crippen molar-refractivity contribution in [1.29, 1.82) is 0 Å². The standard InChI is InChI=1S/C20H16O3/c1-23-20(22)18-13-16(14-8-4-2-5-9-14)12-17(19(18)21)15-10-6-3-7-11-15/h2-13,21H,1H3. The third-order valence-corrected chi connectivity index (χ3v) is 3.71. The Hall–Kier alpha value is -3.07. The Morgan fingerprint density at radius 3 is 1.96 bits per heavy atom. The van der Waals surface area contributed by atoms with Crippen molar-refractivity contribution in [1.82, 2.24) is 0 Å². The summed E-state index contributed by atoms with van der Waals surface area (Å²) in [4.78, 5) is 12.0. The Morgan fingerprint density at radius 1 is 0.826 bits per heavy atom. The van der Waals surface area contributed by atoms with Crippen LogP contribution in [-0.4, -0.2) is 18.2 Å². The average Bonchev–Trinajstić information content (AvgIpc) is 2.62. The SMILES string of the molecule is COC(=O)c1cc(-c2ccccc2)cc(-c2ccccc2)c1O. The molecule has 3 nitrogen and oxygen atoms in total. The van der Waals surface area contributed by atoms with Crippen LogP contribution in [0.4, 0.5) is 0 Å². The van der Waals surface area contributed by atoms with Gasteiger partial charge in [0.15, 0.2) is 0 Å². The zero-order valence-electron chi connectivity index (χ0n) is 12.7. The normalized spacial score (nSPS) is 10.3. The van der Waals surface area contributed by atoms with Gasteiger partial charge >= 0.3 is 5.97 Å². The van der Waals surface area contributed by atoms with Gasteiger partial charge in [0.1, 0.15) is 11.3 Å². The van der Waals surface area contributed by atoms with Crippen LogP contribution in [0.15, 0.2) is 72.8 Å². The first-order valence-corrected chi connectivity index (χ1v) is 7.27. The second-order valence-electron chi connectivity index (χ2n) is 5.14. The van der Waals surface area contributed by atoms with E-state index in [1.165, 1.54) is 7.11 Å². The van der Waals surface area contributed by atoms with Crippen molar-refractivity contribution in [3.63, 3.8) is 0 Å². The first kappa shape index (κ1) is 14.9. The molecule has 0 aliphatic carbocycles. The lowest BCUT2D eigenvalue weighted by Gasteiger charge is -2.12. The summed E-state index contributed by atoms with van der Waals surface area (Å²) in [5.41, 5.74) is 3.42. The molecule has 3 aromatic carbocycles. The van der Waals surface area contributed by atoms with Crippen molar-refractivity contribution in [2.45, 2.75) is 0 Å². The molecule has 114 valence electrons. The van der Waals surface area contributed by atoms with Gasteiger partial charge in [0.05, 0.1) is 7.11 Å². The van der Waals surface area contributed by atoms with Gasteiger partial charge in [-0.25, -0.2) is 4.79 Å². The molecule has 0 aliphatic rings. The van der Waals surface area contributed by atoms with Gasteiger partial charge in [0.2, 0.25) is 0 Å². The number of hydrogen-bond acceptors (Lipinski definition) is 3. The highest BCUT2D eigenvalue weighted by molar-refractivity contribution is 5.97. The summed E-state index contributed by atoms with van der Waals surface area (Å²) in [6.07, 6.45) is 0. The van der Waals surface area contributed by atoms with Crippen molar-refractivity contribution >= 4 is 5.97 Å². The Morgan fingerprint density at radius 2 is 1.39 bits per heavy atom. The molecular weight excluding hydrogens is 288 g/mol. The van der Waals surface area contributed by atoms with Crippen LogP contribution in [0, 0.1) is 0 Å². The second-order valence-corrected chi connectivity index (χ2v) is 5.14. The van der Waals surface area contributed by atoms with Crippen molar-refractivity contribution in [2.75, 3.05) is 7.11 Å². The van der Waals surface area contributed by atoms with Gasteiger partial charge in [-0.1, -0.05) is 60.7 Å².